The van der Waals surface area contributed by atoms with E-state index in [1.807, 2.05) is 0 Å². The lowest BCUT2D eigenvalue weighted by atomic mass is 9.84. The molecule has 1 aliphatic carbocycles. The van der Waals surface area contributed by atoms with Crippen LogP contribution in [0, 0.1) is 5.92 Å². The number of aromatic nitrogens is 1. The quantitative estimate of drug-likeness (QED) is 0.907. The number of carbonyl (C=O) groups excluding carboxylic acids is 2. The van der Waals surface area contributed by atoms with Crippen molar-refractivity contribution in [1.29, 1.82) is 0 Å². The number of amides is 2. The normalized spacial score (nSPS) is 22.3. The molecule has 1 aromatic rings. The first-order chi connectivity index (χ1) is 11.6. The Labute approximate surface area is 141 Å². The summed E-state index contributed by atoms with van der Waals surface area (Å²) in [4.78, 5) is 38.7. The first kappa shape index (κ1) is 16.7. The van der Waals surface area contributed by atoms with Crippen molar-refractivity contribution in [2.24, 2.45) is 13.0 Å². The van der Waals surface area contributed by atoms with Crippen molar-refractivity contribution in [3.63, 3.8) is 0 Å². The summed E-state index contributed by atoms with van der Waals surface area (Å²) in [5.41, 5.74) is 0.146. The molecule has 0 spiro atoms. The van der Waals surface area contributed by atoms with Gasteiger partial charge in [-0.1, -0.05) is 32.1 Å². The van der Waals surface area contributed by atoms with E-state index in [4.69, 9.17) is 0 Å². The Morgan fingerprint density at radius 2 is 2.00 bits per heavy atom. The maximum absolute atomic E-state index is 12.9. The third-order valence-electron chi connectivity index (χ3n) is 5.22. The van der Waals surface area contributed by atoms with Crippen molar-refractivity contribution in [1.82, 2.24) is 14.8 Å². The molecule has 1 saturated carbocycles. The maximum atomic E-state index is 12.9. The van der Waals surface area contributed by atoms with Crippen LogP contribution >= 0.6 is 0 Å². The number of hydrogen-bond acceptors (Lipinski definition) is 3. The first-order valence-electron chi connectivity index (χ1n) is 8.81. The zero-order valence-corrected chi connectivity index (χ0v) is 14.2. The zero-order valence-electron chi connectivity index (χ0n) is 14.2. The monoisotopic (exact) mass is 331 g/mol. The average molecular weight is 331 g/mol. The molecular weight excluding hydrogens is 306 g/mol. The van der Waals surface area contributed by atoms with E-state index < -0.39 is 6.04 Å². The largest absolute Gasteiger partial charge is 0.353 e. The van der Waals surface area contributed by atoms with Gasteiger partial charge in [-0.2, -0.15) is 0 Å². The molecule has 1 aromatic heterocycles. The number of pyridine rings is 1. The highest BCUT2D eigenvalue weighted by Gasteiger charge is 2.35. The van der Waals surface area contributed by atoms with Crippen molar-refractivity contribution < 1.29 is 9.59 Å². The molecular formula is C18H25N3O3. The first-order valence-corrected chi connectivity index (χ1v) is 8.81. The molecule has 1 N–H and O–H groups in total. The summed E-state index contributed by atoms with van der Waals surface area (Å²) in [7, 11) is 1.65. The molecule has 24 heavy (non-hydrogen) atoms. The van der Waals surface area contributed by atoms with Gasteiger partial charge in [-0.25, -0.2) is 0 Å². The number of nitrogens with zero attached hydrogens (tertiary/aromatic N) is 2. The fraction of sp³-hybridized carbons (Fsp3) is 0.611. The van der Waals surface area contributed by atoms with E-state index in [-0.39, 0.29) is 17.4 Å². The standard InChI is InChI=1S/C18H25N3O3/c1-20-9-7-14(12-16(20)22)18(24)21-10-8-19-17(23)15(21)11-13-5-3-2-4-6-13/h7,9,12-13,15H,2-6,8,10-11H2,1H3,(H,19,23). The van der Waals surface area contributed by atoms with Gasteiger partial charge in [-0.15, -0.1) is 0 Å². The Morgan fingerprint density at radius 3 is 2.71 bits per heavy atom. The summed E-state index contributed by atoms with van der Waals surface area (Å²) >= 11 is 0. The van der Waals surface area contributed by atoms with Crippen LogP contribution in [-0.4, -0.2) is 40.4 Å². The molecule has 130 valence electrons. The second kappa shape index (κ2) is 7.20. The van der Waals surface area contributed by atoms with Crippen LogP contribution in [0.15, 0.2) is 23.1 Å². The van der Waals surface area contributed by atoms with E-state index in [0.717, 1.165) is 19.3 Å². The molecule has 6 nitrogen and oxygen atoms in total. The summed E-state index contributed by atoms with van der Waals surface area (Å²) in [6.45, 7) is 0.966. The van der Waals surface area contributed by atoms with Crippen LogP contribution in [0.5, 0.6) is 0 Å². The number of aryl methyl sites for hydroxylation is 1. The predicted molar refractivity (Wildman–Crippen MR) is 90.7 cm³/mol. The highest BCUT2D eigenvalue weighted by atomic mass is 16.2. The highest BCUT2D eigenvalue weighted by Crippen LogP contribution is 2.29. The number of nitrogens with one attached hydrogen (secondary N) is 1. The van der Waals surface area contributed by atoms with E-state index in [2.05, 4.69) is 5.32 Å². The summed E-state index contributed by atoms with van der Waals surface area (Å²) in [5.74, 6) is 0.221. The Kier molecular flexibility index (Phi) is 5.02. The molecule has 0 bridgehead atoms. The average Bonchev–Trinajstić information content (AvgIpc) is 2.59. The predicted octanol–water partition coefficient (Wildman–Crippen LogP) is 1.30. The van der Waals surface area contributed by atoms with Gasteiger partial charge in [-0.05, 0) is 18.4 Å². The van der Waals surface area contributed by atoms with Crippen LogP contribution < -0.4 is 10.9 Å². The van der Waals surface area contributed by atoms with Gasteiger partial charge in [0.2, 0.25) is 5.91 Å². The fourth-order valence-corrected chi connectivity index (χ4v) is 3.78. The minimum Gasteiger partial charge on any atom is -0.353 e. The molecule has 1 aliphatic heterocycles. The van der Waals surface area contributed by atoms with Gasteiger partial charge >= 0.3 is 0 Å². The van der Waals surface area contributed by atoms with E-state index >= 15 is 0 Å². The van der Waals surface area contributed by atoms with Gasteiger partial charge in [-0.3, -0.25) is 14.4 Å². The SMILES string of the molecule is Cn1ccc(C(=O)N2CCNC(=O)C2CC2CCCCC2)cc1=O. The fourth-order valence-electron chi connectivity index (χ4n) is 3.78. The number of hydrogen-bond donors (Lipinski definition) is 1. The van der Waals surface area contributed by atoms with Crippen LogP contribution in [0.25, 0.3) is 0 Å². The second-order valence-electron chi connectivity index (χ2n) is 6.91. The van der Waals surface area contributed by atoms with Crippen LogP contribution in [-0.2, 0) is 11.8 Å². The van der Waals surface area contributed by atoms with E-state index in [9.17, 15) is 14.4 Å². The summed E-state index contributed by atoms with van der Waals surface area (Å²) in [5, 5.41) is 2.88. The lowest BCUT2D eigenvalue weighted by Crippen LogP contribution is -2.57. The molecule has 6 heteroatoms. The van der Waals surface area contributed by atoms with Crippen molar-refractivity contribution >= 4 is 11.8 Å². The molecule has 3 rings (SSSR count). The topological polar surface area (TPSA) is 71.4 Å². The molecule has 0 radical (unpaired) electrons. The van der Waals surface area contributed by atoms with Crippen molar-refractivity contribution in [3.05, 3.63) is 34.2 Å². The van der Waals surface area contributed by atoms with Gasteiger partial charge in [0.1, 0.15) is 6.04 Å². The Bertz CT molecular complexity index is 676. The summed E-state index contributed by atoms with van der Waals surface area (Å²) in [6.07, 6.45) is 8.28. The minimum atomic E-state index is -0.418. The van der Waals surface area contributed by atoms with E-state index in [1.165, 1.54) is 29.9 Å². The number of piperazine rings is 1. The van der Waals surface area contributed by atoms with Gasteiger partial charge in [0.05, 0.1) is 0 Å². The molecule has 0 aromatic carbocycles. The van der Waals surface area contributed by atoms with E-state index in [0.29, 0.717) is 24.6 Å². The van der Waals surface area contributed by atoms with Crippen LogP contribution in [0.2, 0.25) is 0 Å². The Hall–Kier alpha value is -2.11. The maximum Gasteiger partial charge on any atom is 0.254 e. The third-order valence-corrected chi connectivity index (χ3v) is 5.22. The molecule has 1 unspecified atom stereocenters. The second-order valence-corrected chi connectivity index (χ2v) is 6.91. The van der Waals surface area contributed by atoms with Crippen molar-refractivity contribution in [2.75, 3.05) is 13.1 Å². The van der Waals surface area contributed by atoms with Gasteiger partial charge in [0.25, 0.3) is 11.5 Å². The summed E-state index contributed by atoms with van der Waals surface area (Å²) < 4.78 is 1.43. The highest BCUT2D eigenvalue weighted by molar-refractivity contribution is 5.98. The third kappa shape index (κ3) is 3.52. The molecule has 2 amide bonds. The van der Waals surface area contributed by atoms with Crippen LogP contribution in [0.4, 0.5) is 0 Å². The van der Waals surface area contributed by atoms with E-state index in [1.54, 1.807) is 24.2 Å². The van der Waals surface area contributed by atoms with Gasteiger partial charge in [0, 0.05) is 38.0 Å². The lowest BCUT2D eigenvalue weighted by Gasteiger charge is -2.37. The molecule has 1 atom stereocenters. The molecule has 2 fully saturated rings. The molecule has 2 heterocycles. The van der Waals surface area contributed by atoms with Gasteiger partial charge in [0.15, 0.2) is 0 Å². The lowest BCUT2D eigenvalue weighted by molar-refractivity contribution is -0.128. The number of rotatable bonds is 3. The van der Waals surface area contributed by atoms with Crippen molar-refractivity contribution in [3.8, 4) is 0 Å². The van der Waals surface area contributed by atoms with Gasteiger partial charge < -0.3 is 14.8 Å². The van der Waals surface area contributed by atoms with Crippen LogP contribution in [0.1, 0.15) is 48.9 Å². The number of carbonyl (C=O) groups is 2. The Balaban J connectivity index is 1.79. The molecule has 2 aliphatic rings. The molecule has 1 saturated heterocycles. The zero-order chi connectivity index (χ0) is 17.1. The smallest absolute Gasteiger partial charge is 0.254 e. The Morgan fingerprint density at radius 1 is 1.25 bits per heavy atom. The summed E-state index contributed by atoms with van der Waals surface area (Å²) in [6, 6.07) is 2.58. The van der Waals surface area contributed by atoms with Crippen LogP contribution in [0.3, 0.4) is 0 Å². The minimum absolute atomic E-state index is 0.0657. The van der Waals surface area contributed by atoms with Crippen molar-refractivity contribution in [2.45, 2.75) is 44.6 Å².